The monoisotopic (exact) mass is 367 g/mol. The molecule has 130 valence electrons. The normalized spacial score (nSPS) is 10.3. The Balaban J connectivity index is 1.75. The van der Waals surface area contributed by atoms with Crippen LogP contribution in [0.4, 0.5) is 0 Å². The van der Waals surface area contributed by atoms with Gasteiger partial charge in [-0.05, 0) is 12.1 Å². The highest BCUT2D eigenvalue weighted by atomic mass is 32.1. The van der Waals surface area contributed by atoms with E-state index in [1.807, 2.05) is 30.3 Å². The van der Waals surface area contributed by atoms with Crippen LogP contribution in [0.2, 0.25) is 0 Å². The van der Waals surface area contributed by atoms with Crippen LogP contribution in [0.1, 0.15) is 16.9 Å². The van der Waals surface area contributed by atoms with Crippen molar-refractivity contribution in [2.45, 2.75) is 6.42 Å². The molecule has 1 amide bonds. The zero-order valence-electron chi connectivity index (χ0n) is 13.5. The number of nitrogens with one attached hydrogen (secondary N) is 1. The number of rotatable bonds is 6. The van der Waals surface area contributed by atoms with E-state index in [-0.39, 0.29) is 18.7 Å². The van der Waals surface area contributed by atoms with Crippen molar-refractivity contribution in [2.24, 2.45) is 0 Å². The molecule has 0 unspecified atom stereocenters. The summed E-state index contributed by atoms with van der Waals surface area (Å²) in [5.41, 5.74) is 1.11. The molecule has 0 saturated heterocycles. The third-order valence-electron chi connectivity index (χ3n) is 3.28. The summed E-state index contributed by atoms with van der Waals surface area (Å²) in [6, 6.07) is 9.48. The smallest absolute Gasteiger partial charge is 0.359 e. The van der Waals surface area contributed by atoms with Gasteiger partial charge < -0.3 is 10.1 Å². The average molecular weight is 367 g/mol. The molecule has 0 aliphatic heterocycles. The first-order valence-corrected chi connectivity index (χ1v) is 8.48. The van der Waals surface area contributed by atoms with Crippen molar-refractivity contribution in [1.29, 1.82) is 5.26 Å². The maximum absolute atomic E-state index is 12.3. The first-order chi connectivity index (χ1) is 12.7. The number of thiazole rings is 1. The summed E-state index contributed by atoms with van der Waals surface area (Å²) in [7, 11) is 0. The molecule has 0 atom stereocenters. The molecule has 0 fully saturated rings. The number of ether oxygens (including phenoxy) is 1. The number of benzene rings is 1. The number of amides is 1. The molecule has 1 N–H and O–H groups in total. The van der Waals surface area contributed by atoms with E-state index < -0.39 is 18.5 Å². The Morgan fingerprint density at radius 3 is 2.85 bits per heavy atom. The summed E-state index contributed by atoms with van der Waals surface area (Å²) in [5.74, 6) is -1.25. The Hall–Kier alpha value is -3.38. The summed E-state index contributed by atoms with van der Waals surface area (Å²) in [4.78, 5) is 36.6. The van der Waals surface area contributed by atoms with Crippen LogP contribution in [-0.4, -0.2) is 40.0 Å². The zero-order valence-corrected chi connectivity index (χ0v) is 14.3. The molecule has 0 aliphatic carbocycles. The van der Waals surface area contributed by atoms with Gasteiger partial charge in [0.1, 0.15) is 10.7 Å². The molecule has 0 aliphatic rings. The third-order valence-corrected chi connectivity index (χ3v) is 4.32. The molecule has 1 aromatic carbocycles. The first-order valence-electron chi connectivity index (χ1n) is 7.67. The molecule has 0 radical (unpaired) electrons. The van der Waals surface area contributed by atoms with Crippen LogP contribution in [0.5, 0.6) is 0 Å². The van der Waals surface area contributed by atoms with E-state index >= 15 is 0 Å². The zero-order chi connectivity index (χ0) is 18.4. The van der Waals surface area contributed by atoms with Gasteiger partial charge in [-0.25, -0.2) is 19.7 Å². The fourth-order valence-electron chi connectivity index (χ4n) is 2.13. The van der Waals surface area contributed by atoms with E-state index in [1.54, 1.807) is 0 Å². The number of nitrogens with zero attached hydrogens (tertiary/aromatic N) is 4. The van der Waals surface area contributed by atoms with Crippen molar-refractivity contribution in [3.05, 3.63) is 42.4 Å². The van der Waals surface area contributed by atoms with Crippen LogP contribution in [0, 0.1) is 11.3 Å². The van der Waals surface area contributed by atoms with Crippen LogP contribution in [-0.2, 0) is 9.53 Å². The van der Waals surface area contributed by atoms with Gasteiger partial charge in [-0.1, -0.05) is 12.1 Å². The molecule has 0 bridgehead atoms. The highest BCUT2D eigenvalue weighted by molar-refractivity contribution is 7.21. The highest BCUT2D eigenvalue weighted by Crippen LogP contribution is 2.30. The summed E-state index contributed by atoms with van der Waals surface area (Å²) in [6.45, 7) is -0.255. The Morgan fingerprint density at radius 2 is 2.04 bits per heavy atom. The number of hydrogen-bond acceptors (Lipinski definition) is 8. The molecule has 0 saturated carbocycles. The number of hydrogen-bond donors (Lipinski definition) is 1. The summed E-state index contributed by atoms with van der Waals surface area (Å²) >= 11 is 1.39. The fourth-order valence-corrected chi connectivity index (χ4v) is 3.09. The maximum atomic E-state index is 12.3. The second-order valence-corrected chi connectivity index (χ2v) is 6.11. The predicted molar refractivity (Wildman–Crippen MR) is 94.2 cm³/mol. The van der Waals surface area contributed by atoms with E-state index in [2.05, 4.69) is 20.3 Å². The molecular weight excluding hydrogens is 354 g/mol. The standard InChI is InChI=1S/C17H13N5O3S/c18-6-3-7-19-13(23)10-25-17(24)15-14(20-8-9-21-15)16-22-11-4-1-2-5-12(11)26-16/h1-2,4-5,8-9H,3,7,10H2,(H,19,23). The summed E-state index contributed by atoms with van der Waals surface area (Å²) in [5, 5.41) is 11.4. The largest absolute Gasteiger partial charge is 0.451 e. The Kier molecular flexibility index (Phi) is 5.46. The number of aromatic nitrogens is 3. The minimum Gasteiger partial charge on any atom is -0.451 e. The van der Waals surface area contributed by atoms with Crippen molar-refractivity contribution in [3.63, 3.8) is 0 Å². The van der Waals surface area contributed by atoms with Crippen molar-refractivity contribution >= 4 is 33.4 Å². The molecule has 8 nitrogen and oxygen atoms in total. The average Bonchev–Trinajstić information content (AvgIpc) is 3.10. The molecule has 0 spiro atoms. The first kappa shape index (κ1) is 17.4. The summed E-state index contributed by atoms with van der Waals surface area (Å²) in [6.07, 6.45) is 3.03. The second kappa shape index (κ2) is 8.13. The SMILES string of the molecule is N#CCCNC(=O)COC(=O)c1nccnc1-c1nc2ccccc2s1. The van der Waals surface area contributed by atoms with Crippen LogP contribution in [0.15, 0.2) is 36.7 Å². The number of fused-ring (bicyclic) bond motifs is 1. The summed E-state index contributed by atoms with van der Waals surface area (Å²) < 4.78 is 5.96. The van der Waals surface area contributed by atoms with Crippen molar-refractivity contribution in [3.8, 4) is 16.8 Å². The highest BCUT2D eigenvalue weighted by Gasteiger charge is 2.20. The van der Waals surface area contributed by atoms with Crippen LogP contribution >= 0.6 is 11.3 Å². The fraction of sp³-hybridized carbons (Fsp3) is 0.176. The number of nitriles is 1. The van der Waals surface area contributed by atoms with Gasteiger partial charge in [0.15, 0.2) is 12.3 Å². The minimum atomic E-state index is -0.761. The van der Waals surface area contributed by atoms with Crippen molar-refractivity contribution < 1.29 is 14.3 Å². The molecule has 26 heavy (non-hydrogen) atoms. The van der Waals surface area contributed by atoms with Crippen molar-refractivity contribution in [2.75, 3.05) is 13.2 Å². The van der Waals surface area contributed by atoms with Gasteiger partial charge in [0.2, 0.25) is 0 Å². The number of carbonyl (C=O) groups is 2. The van der Waals surface area contributed by atoms with Crippen molar-refractivity contribution in [1.82, 2.24) is 20.3 Å². The van der Waals surface area contributed by atoms with Gasteiger partial charge in [-0.15, -0.1) is 11.3 Å². The molecule has 3 rings (SSSR count). The molecular formula is C17H13N5O3S. The lowest BCUT2D eigenvalue weighted by Gasteiger charge is -2.06. The minimum absolute atomic E-state index is 0.00335. The Bertz CT molecular complexity index is 962. The predicted octanol–water partition coefficient (Wildman–Crippen LogP) is 1.94. The number of esters is 1. The second-order valence-electron chi connectivity index (χ2n) is 5.07. The van der Waals surface area contributed by atoms with Gasteiger partial charge in [-0.2, -0.15) is 5.26 Å². The molecule has 9 heteroatoms. The number of carbonyl (C=O) groups excluding carboxylic acids is 2. The Labute approximate surface area is 152 Å². The lowest BCUT2D eigenvalue weighted by Crippen LogP contribution is -2.29. The van der Waals surface area contributed by atoms with Gasteiger partial charge in [0, 0.05) is 18.9 Å². The van der Waals surface area contributed by atoms with E-state index in [0.717, 1.165) is 10.2 Å². The van der Waals surface area contributed by atoms with Crippen LogP contribution < -0.4 is 5.32 Å². The maximum Gasteiger partial charge on any atom is 0.359 e. The van der Waals surface area contributed by atoms with Gasteiger partial charge in [-0.3, -0.25) is 4.79 Å². The molecule has 2 heterocycles. The van der Waals surface area contributed by atoms with Gasteiger partial charge in [0.05, 0.1) is 22.7 Å². The Morgan fingerprint density at radius 1 is 1.23 bits per heavy atom. The van der Waals surface area contributed by atoms with E-state index in [9.17, 15) is 9.59 Å². The van der Waals surface area contributed by atoms with Gasteiger partial charge in [0.25, 0.3) is 5.91 Å². The van der Waals surface area contributed by atoms with E-state index in [4.69, 9.17) is 10.00 Å². The lowest BCUT2D eigenvalue weighted by atomic mass is 10.3. The number of para-hydroxylation sites is 1. The molecule has 2 aromatic heterocycles. The van der Waals surface area contributed by atoms with Crippen LogP contribution in [0.3, 0.4) is 0 Å². The van der Waals surface area contributed by atoms with E-state index in [0.29, 0.717) is 10.7 Å². The quantitative estimate of drug-likeness (QED) is 0.522. The third kappa shape index (κ3) is 3.99. The lowest BCUT2D eigenvalue weighted by molar-refractivity contribution is -0.124. The van der Waals surface area contributed by atoms with Gasteiger partial charge >= 0.3 is 5.97 Å². The topological polar surface area (TPSA) is 118 Å². The van der Waals surface area contributed by atoms with E-state index in [1.165, 1.54) is 23.7 Å². The molecule has 3 aromatic rings. The van der Waals surface area contributed by atoms with Crippen LogP contribution in [0.25, 0.3) is 20.9 Å².